The summed E-state index contributed by atoms with van der Waals surface area (Å²) in [5, 5.41) is 23.4. The normalized spacial score (nSPS) is 10.9. The van der Waals surface area contributed by atoms with Gasteiger partial charge in [-0.05, 0) is 0 Å². The van der Waals surface area contributed by atoms with Crippen molar-refractivity contribution in [1.82, 2.24) is 0 Å². The van der Waals surface area contributed by atoms with E-state index in [9.17, 15) is 20.2 Å². The molecule has 7 heteroatoms. The molecule has 0 fully saturated rings. The zero-order chi connectivity index (χ0) is 13.6. The third kappa shape index (κ3) is 1.97. The van der Waals surface area contributed by atoms with E-state index in [1.54, 1.807) is 24.3 Å². The Morgan fingerprint density at radius 3 is 1.58 bits per heavy atom. The van der Waals surface area contributed by atoms with Crippen LogP contribution >= 0.6 is 0 Å². The molecule has 0 amide bonds. The van der Waals surface area contributed by atoms with E-state index < -0.39 is 30.3 Å². The predicted octanol–water partition coefficient (Wildman–Crippen LogP) is 2.87. The molecular weight excluding hydrogens is 364 g/mol. The van der Waals surface area contributed by atoms with Crippen molar-refractivity contribution in [3.8, 4) is 0 Å². The van der Waals surface area contributed by atoms with Gasteiger partial charge in [-0.25, -0.2) is 0 Å². The van der Waals surface area contributed by atoms with Crippen LogP contribution < -0.4 is 0 Å². The van der Waals surface area contributed by atoms with Gasteiger partial charge in [0.05, 0.1) is 0 Å². The van der Waals surface area contributed by atoms with Gasteiger partial charge in [0, 0.05) is 0 Å². The first-order valence-electron chi connectivity index (χ1n) is 5.31. The second-order valence-corrected chi connectivity index (χ2v) is 7.07. The number of nitro benzene ring substituents is 2. The Bertz CT molecular complexity index is 772. The van der Waals surface area contributed by atoms with Crippen LogP contribution in [0.25, 0.3) is 17.6 Å². The zero-order valence-corrected chi connectivity index (χ0v) is 11.7. The van der Waals surface area contributed by atoms with Crippen LogP contribution in [0.5, 0.6) is 0 Å². The maximum absolute atomic E-state index is 10.7. The molecule has 0 aliphatic carbocycles. The maximum atomic E-state index is 10.7. The number of non-ortho nitro benzene ring substituents is 2. The number of nitro groups is 2. The van der Waals surface area contributed by atoms with E-state index in [1.165, 1.54) is 12.1 Å². The average molecular weight is 370 g/mol. The van der Waals surface area contributed by atoms with Gasteiger partial charge in [-0.15, -0.1) is 0 Å². The molecule has 1 heterocycles. The van der Waals surface area contributed by atoms with E-state index in [0.29, 0.717) is 0 Å². The standard InChI is InChI=1S/C12H6N2O4Te/c15-13(16)7-1-3-9-10-4-2-8(14(17)18)6-12(10)19-11(9)5-7/h1-6H. The molecule has 0 saturated heterocycles. The van der Waals surface area contributed by atoms with E-state index in [0.717, 1.165) is 17.6 Å². The summed E-state index contributed by atoms with van der Waals surface area (Å²) >= 11 is -0.788. The van der Waals surface area contributed by atoms with E-state index in [-0.39, 0.29) is 11.4 Å². The molecule has 0 aliphatic heterocycles. The van der Waals surface area contributed by atoms with Crippen molar-refractivity contribution in [3.05, 3.63) is 56.6 Å². The molecule has 0 N–H and O–H groups in total. The van der Waals surface area contributed by atoms with E-state index in [1.807, 2.05) is 0 Å². The quantitative estimate of drug-likeness (QED) is 0.395. The van der Waals surface area contributed by atoms with E-state index >= 15 is 0 Å². The summed E-state index contributed by atoms with van der Waals surface area (Å²) in [5.41, 5.74) is 0.150. The zero-order valence-electron chi connectivity index (χ0n) is 9.40. The molecular formula is C12H6N2O4Te. The Hall–Kier alpha value is -1.97. The van der Waals surface area contributed by atoms with Crippen molar-refractivity contribution in [2.45, 2.75) is 0 Å². The number of hydrogen-bond acceptors (Lipinski definition) is 4. The summed E-state index contributed by atoms with van der Waals surface area (Å²) in [5.74, 6) is 0. The minimum atomic E-state index is -0.788. The molecule has 0 radical (unpaired) electrons. The number of nitrogens with zero attached hydrogens (tertiary/aromatic N) is 2. The molecule has 3 rings (SSSR count). The molecule has 94 valence electrons. The third-order valence-corrected chi connectivity index (χ3v) is 6.05. The fraction of sp³-hybridized carbons (Fsp3) is 0. The van der Waals surface area contributed by atoms with Gasteiger partial charge in [0.15, 0.2) is 0 Å². The Morgan fingerprint density at radius 2 is 1.21 bits per heavy atom. The summed E-state index contributed by atoms with van der Waals surface area (Å²) in [4.78, 5) is 20.7. The van der Waals surface area contributed by atoms with Crippen molar-refractivity contribution in [1.29, 1.82) is 0 Å². The van der Waals surface area contributed by atoms with Crippen LogP contribution in [0, 0.1) is 20.2 Å². The van der Waals surface area contributed by atoms with Crippen molar-refractivity contribution in [2.75, 3.05) is 0 Å². The first kappa shape index (κ1) is 12.1. The SMILES string of the molecule is O=[N+]([O-])c1ccc2c(c1)[te]c1cc([N+](=O)[O-])ccc12. The summed E-state index contributed by atoms with van der Waals surface area (Å²) in [7, 11) is 0. The summed E-state index contributed by atoms with van der Waals surface area (Å²) in [6.45, 7) is 0. The van der Waals surface area contributed by atoms with E-state index in [2.05, 4.69) is 0 Å². The molecule has 0 atom stereocenters. The molecule has 0 bridgehead atoms. The monoisotopic (exact) mass is 372 g/mol. The van der Waals surface area contributed by atoms with Crippen LogP contribution in [0.2, 0.25) is 0 Å². The molecule has 1 aromatic heterocycles. The van der Waals surface area contributed by atoms with Crippen molar-refractivity contribution >= 4 is 49.4 Å². The predicted molar refractivity (Wildman–Crippen MR) is 71.7 cm³/mol. The molecule has 2 aromatic carbocycles. The number of rotatable bonds is 2. The van der Waals surface area contributed by atoms with Gasteiger partial charge in [0.2, 0.25) is 0 Å². The molecule has 3 aromatic rings. The Labute approximate surface area is 116 Å². The summed E-state index contributed by atoms with van der Waals surface area (Å²) in [6, 6.07) is 9.59. The summed E-state index contributed by atoms with van der Waals surface area (Å²) in [6.07, 6.45) is 0. The van der Waals surface area contributed by atoms with Crippen molar-refractivity contribution in [2.24, 2.45) is 0 Å². The van der Waals surface area contributed by atoms with Crippen molar-refractivity contribution < 1.29 is 9.85 Å². The number of fused-ring (bicyclic) bond motifs is 3. The first-order chi connectivity index (χ1) is 9.06. The van der Waals surface area contributed by atoms with Gasteiger partial charge in [0.1, 0.15) is 0 Å². The van der Waals surface area contributed by atoms with Crippen LogP contribution in [0.4, 0.5) is 11.4 Å². The molecule has 0 saturated carbocycles. The first-order valence-corrected chi connectivity index (χ1v) is 7.64. The Morgan fingerprint density at radius 1 is 0.789 bits per heavy atom. The van der Waals surface area contributed by atoms with Gasteiger partial charge < -0.3 is 0 Å². The van der Waals surface area contributed by atoms with Gasteiger partial charge in [-0.2, -0.15) is 0 Å². The van der Waals surface area contributed by atoms with Crippen LogP contribution in [-0.2, 0) is 0 Å². The number of benzene rings is 2. The second kappa shape index (κ2) is 4.30. The van der Waals surface area contributed by atoms with Gasteiger partial charge in [0.25, 0.3) is 0 Å². The number of hydrogen-bond donors (Lipinski definition) is 0. The summed E-state index contributed by atoms with van der Waals surface area (Å²) < 4.78 is 1.94. The third-order valence-electron chi connectivity index (χ3n) is 2.86. The van der Waals surface area contributed by atoms with Gasteiger partial charge in [-0.1, -0.05) is 0 Å². The molecule has 0 aliphatic rings. The Kier molecular flexibility index (Phi) is 2.73. The fourth-order valence-electron chi connectivity index (χ4n) is 1.98. The molecule has 0 unspecified atom stereocenters. The molecule has 6 nitrogen and oxygen atoms in total. The van der Waals surface area contributed by atoms with Gasteiger partial charge in [-0.3, -0.25) is 0 Å². The average Bonchev–Trinajstić information content (AvgIpc) is 2.74. The molecule has 0 spiro atoms. The van der Waals surface area contributed by atoms with Crippen LogP contribution in [0.1, 0.15) is 0 Å². The van der Waals surface area contributed by atoms with Gasteiger partial charge >= 0.3 is 116 Å². The fourth-order valence-corrected chi connectivity index (χ4v) is 5.33. The second-order valence-electron chi connectivity index (χ2n) is 3.98. The minimum absolute atomic E-state index is 0.0751. The van der Waals surface area contributed by atoms with E-state index in [4.69, 9.17) is 0 Å². The van der Waals surface area contributed by atoms with Crippen LogP contribution in [-0.4, -0.2) is 30.3 Å². The van der Waals surface area contributed by atoms with Crippen LogP contribution in [0.15, 0.2) is 36.4 Å². The Balaban J connectivity index is 2.31. The van der Waals surface area contributed by atoms with Crippen LogP contribution in [0.3, 0.4) is 0 Å². The molecule has 19 heavy (non-hydrogen) atoms. The van der Waals surface area contributed by atoms with Crippen molar-refractivity contribution in [3.63, 3.8) is 0 Å². The topological polar surface area (TPSA) is 86.3 Å².